The van der Waals surface area contributed by atoms with Crippen LogP contribution in [0.2, 0.25) is 0 Å². The maximum absolute atomic E-state index is 11.6. The lowest BCUT2D eigenvalue weighted by atomic mass is 10.1. The normalized spacial score (nSPS) is 15.2. The minimum Gasteiger partial charge on any atom is -0.448 e. The Morgan fingerprint density at radius 3 is 2.70 bits per heavy atom. The zero-order valence-corrected chi connectivity index (χ0v) is 14.7. The largest absolute Gasteiger partial charge is 0.448 e. The van der Waals surface area contributed by atoms with Gasteiger partial charge < -0.3 is 14.6 Å². The first-order chi connectivity index (χ1) is 9.28. The fourth-order valence-electron chi connectivity index (χ4n) is 2.03. The van der Waals surface area contributed by atoms with E-state index in [4.69, 9.17) is 4.74 Å². The molecule has 1 aromatic rings. The molecular formula is C14H22IN3O2. The van der Waals surface area contributed by atoms with Gasteiger partial charge in [-0.1, -0.05) is 0 Å². The van der Waals surface area contributed by atoms with Gasteiger partial charge in [0.1, 0.15) is 16.1 Å². The molecule has 0 spiro atoms. The molecule has 1 saturated carbocycles. The monoisotopic (exact) mass is 391 g/mol. The number of hydrogen-bond donors (Lipinski definition) is 1. The van der Waals surface area contributed by atoms with E-state index in [1.807, 2.05) is 20.8 Å². The van der Waals surface area contributed by atoms with E-state index in [-0.39, 0.29) is 11.6 Å². The molecule has 2 rings (SSSR count). The number of carbonyl (C=O) groups is 1. The molecule has 0 bridgehead atoms. The summed E-state index contributed by atoms with van der Waals surface area (Å²) in [4.78, 5) is 16.2. The molecule has 1 heterocycles. The van der Waals surface area contributed by atoms with Gasteiger partial charge in [-0.25, -0.2) is 9.78 Å². The zero-order valence-electron chi connectivity index (χ0n) is 12.5. The Balaban J connectivity index is 1.90. The number of alkyl carbamates (subject to hydrolysis) is 1. The molecule has 1 amide bonds. The maximum atomic E-state index is 11.6. The Labute approximate surface area is 133 Å². The first-order valence-electron chi connectivity index (χ1n) is 6.95. The van der Waals surface area contributed by atoms with Crippen LogP contribution < -0.4 is 5.32 Å². The van der Waals surface area contributed by atoms with Gasteiger partial charge in [-0.2, -0.15) is 0 Å². The van der Waals surface area contributed by atoms with Crippen molar-refractivity contribution in [3.63, 3.8) is 0 Å². The summed E-state index contributed by atoms with van der Waals surface area (Å²) >= 11 is 2.26. The summed E-state index contributed by atoms with van der Waals surface area (Å²) in [5.74, 6) is 1.74. The average Bonchev–Trinajstić information content (AvgIpc) is 3.09. The molecule has 1 N–H and O–H groups in total. The van der Waals surface area contributed by atoms with Gasteiger partial charge in [-0.05, 0) is 63.1 Å². The van der Waals surface area contributed by atoms with E-state index in [1.54, 1.807) is 0 Å². The summed E-state index contributed by atoms with van der Waals surface area (Å²) in [6.45, 7) is 8.90. The molecule has 0 aromatic carbocycles. The molecule has 1 aromatic heterocycles. The van der Waals surface area contributed by atoms with Crippen LogP contribution in [-0.2, 0) is 11.3 Å². The van der Waals surface area contributed by atoms with Gasteiger partial charge in [-0.15, -0.1) is 0 Å². The summed E-state index contributed by atoms with van der Waals surface area (Å²) in [7, 11) is 0. The van der Waals surface area contributed by atoms with E-state index >= 15 is 0 Å². The fraction of sp³-hybridized carbons (Fsp3) is 0.714. The fourth-order valence-corrected chi connectivity index (χ4v) is 2.57. The summed E-state index contributed by atoms with van der Waals surface area (Å²) in [5.41, 5.74) is 0.892. The van der Waals surface area contributed by atoms with Crippen molar-refractivity contribution in [2.24, 2.45) is 0 Å². The maximum Gasteiger partial charge on any atom is 0.407 e. The van der Waals surface area contributed by atoms with E-state index in [1.165, 1.54) is 12.8 Å². The number of rotatable bonds is 4. The quantitative estimate of drug-likeness (QED) is 0.803. The highest BCUT2D eigenvalue weighted by Gasteiger charge is 2.30. The van der Waals surface area contributed by atoms with Gasteiger partial charge in [0.15, 0.2) is 0 Å². The number of amides is 1. The van der Waals surface area contributed by atoms with E-state index in [0.717, 1.165) is 15.2 Å². The molecule has 5 nitrogen and oxygen atoms in total. The van der Waals surface area contributed by atoms with Crippen molar-refractivity contribution in [1.82, 2.24) is 14.9 Å². The lowest BCUT2D eigenvalue weighted by Crippen LogP contribution is -2.41. The van der Waals surface area contributed by atoms with Gasteiger partial charge in [0.05, 0.1) is 6.54 Å². The number of carbonyl (C=O) groups excluding carboxylic acids is 1. The molecule has 112 valence electrons. The van der Waals surface area contributed by atoms with Gasteiger partial charge in [0.2, 0.25) is 0 Å². The van der Waals surface area contributed by atoms with Crippen LogP contribution in [0.25, 0.3) is 0 Å². The Hall–Kier alpha value is -0.790. The van der Waals surface area contributed by atoms with Crippen molar-refractivity contribution >= 4 is 28.7 Å². The van der Waals surface area contributed by atoms with Crippen LogP contribution in [0.15, 0.2) is 0 Å². The topological polar surface area (TPSA) is 56.2 Å². The Morgan fingerprint density at radius 1 is 1.50 bits per heavy atom. The number of imidazole rings is 1. The van der Waals surface area contributed by atoms with Crippen LogP contribution in [0.4, 0.5) is 4.79 Å². The summed E-state index contributed by atoms with van der Waals surface area (Å²) < 4.78 is 8.47. The van der Waals surface area contributed by atoms with Crippen LogP contribution in [0.5, 0.6) is 0 Å². The van der Waals surface area contributed by atoms with E-state index in [0.29, 0.717) is 19.1 Å². The standard InChI is InChI=1S/C14H22IN3O2/c1-9-11(15)16-12(10-5-6-10)18(9)7-8-20-13(19)17-14(2,3)4/h10H,5-8H2,1-4H3,(H,17,19). The Bertz CT molecular complexity index is 501. The average molecular weight is 391 g/mol. The van der Waals surface area contributed by atoms with Crippen LogP contribution in [0.3, 0.4) is 0 Å². The molecule has 1 aliphatic rings. The SMILES string of the molecule is Cc1c(I)nc(C2CC2)n1CCOC(=O)NC(C)(C)C. The highest BCUT2D eigenvalue weighted by atomic mass is 127. The zero-order chi connectivity index (χ0) is 14.9. The molecule has 0 radical (unpaired) electrons. The lowest BCUT2D eigenvalue weighted by Gasteiger charge is -2.20. The summed E-state index contributed by atoms with van der Waals surface area (Å²) in [6, 6.07) is 0. The number of hydrogen-bond acceptors (Lipinski definition) is 3. The molecule has 0 saturated heterocycles. The van der Waals surface area contributed by atoms with Gasteiger partial charge in [0, 0.05) is 17.2 Å². The van der Waals surface area contributed by atoms with E-state index in [2.05, 4.69) is 44.4 Å². The third kappa shape index (κ3) is 4.10. The number of halogens is 1. The van der Waals surface area contributed by atoms with Crippen molar-refractivity contribution < 1.29 is 9.53 Å². The Morgan fingerprint density at radius 2 is 2.15 bits per heavy atom. The highest BCUT2D eigenvalue weighted by Crippen LogP contribution is 2.40. The lowest BCUT2D eigenvalue weighted by molar-refractivity contribution is 0.133. The number of ether oxygens (including phenoxy) is 1. The number of nitrogens with one attached hydrogen (secondary N) is 1. The van der Waals surface area contributed by atoms with Gasteiger partial charge in [0.25, 0.3) is 0 Å². The first kappa shape index (κ1) is 15.6. The van der Waals surface area contributed by atoms with Crippen molar-refractivity contribution in [3.8, 4) is 0 Å². The molecule has 0 unspecified atom stereocenters. The van der Waals surface area contributed by atoms with Crippen molar-refractivity contribution in [2.45, 2.75) is 58.5 Å². The number of aromatic nitrogens is 2. The van der Waals surface area contributed by atoms with Gasteiger partial charge >= 0.3 is 6.09 Å². The molecule has 1 fully saturated rings. The van der Waals surface area contributed by atoms with Crippen LogP contribution >= 0.6 is 22.6 Å². The molecule has 1 aliphatic carbocycles. The second kappa shape index (κ2) is 5.91. The minimum absolute atomic E-state index is 0.267. The van der Waals surface area contributed by atoms with E-state index in [9.17, 15) is 4.79 Å². The molecule has 0 atom stereocenters. The van der Waals surface area contributed by atoms with Crippen molar-refractivity contribution in [3.05, 3.63) is 15.2 Å². The Kier molecular flexibility index (Phi) is 4.61. The first-order valence-corrected chi connectivity index (χ1v) is 8.03. The predicted octanol–water partition coefficient (Wildman–Crippen LogP) is 3.20. The number of nitrogens with zero attached hydrogens (tertiary/aromatic N) is 2. The minimum atomic E-state index is -0.363. The molecule has 0 aliphatic heterocycles. The summed E-state index contributed by atoms with van der Waals surface area (Å²) in [5, 5.41) is 2.79. The smallest absolute Gasteiger partial charge is 0.407 e. The molecule has 6 heteroatoms. The third-order valence-corrected chi connectivity index (χ3v) is 4.18. The van der Waals surface area contributed by atoms with Gasteiger partial charge in [-0.3, -0.25) is 0 Å². The second-order valence-electron chi connectivity index (χ2n) is 6.28. The summed E-state index contributed by atoms with van der Waals surface area (Å²) in [6.07, 6.45) is 2.08. The molecule has 20 heavy (non-hydrogen) atoms. The predicted molar refractivity (Wildman–Crippen MR) is 85.9 cm³/mol. The van der Waals surface area contributed by atoms with Crippen LogP contribution in [-0.4, -0.2) is 27.8 Å². The van der Waals surface area contributed by atoms with Crippen molar-refractivity contribution in [2.75, 3.05) is 6.61 Å². The second-order valence-corrected chi connectivity index (χ2v) is 7.30. The van der Waals surface area contributed by atoms with E-state index < -0.39 is 0 Å². The molecular weight excluding hydrogens is 369 g/mol. The van der Waals surface area contributed by atoms with Crippen molar-refractivity contribution in [1.29, 1.82) is 0 Å². The third-order valence-electron chi connectivity index (χ3n) is 3.16. The van der Waals surface area contributed by atoms with Crippen LogP contribution in [0.1, 0.15) is 51.0 Å². The highest BCUT2D eigenvalue weighted by molar-refractivity contribution is 14.1. The van der Waals surface area contributed by atoms with Crippen LogP contribution in [0, 0.1) is 10.6 Å².